The Hall–Kier alpha value is -3.96. The van der Waals surface area contributed by atoms with Crippen molar-refractivity contribution in [2.24, 2.45) is 0 Å². The number of aromatic hydroxyl groups is 1. The van der Waals surface area contributed by atoms with Gasteiger partial charge in [-0.25, -0.2) is 4.68 Å². The van der Waals surface area contributed by atoms with E-state index in [1.54, 1.807) is 52.2 Å². The number of benzene rings is 2. The molecule has 1 saturated heterocycles. The lowest BCUT2D eigenvalue weighted by Gasteiger charge is -2.13. The van der Waals surface area contributed by atoms with Gasteiger partial charge in [-0.15, -0.1) is 0 Å². The van der Waals surface area contributed by atoms with Crippen molar-refractivity contribution in [1.82, 2.24) is 19.7 Å². The van der Waals surface area contributed by atoms with Gasteiger partial charge in [0.25, 0.3) is 11.6 Å². The number of rotatable bonds is 6. The van der Waals surface area contributed by atoms with E-state index in [-0.39, 0.29) is 17.3 Å². The Morgan fingerprint density at radius 2 is 2.00 bits per heavy atom. The minimum atomic E-state index is -0.456. The van der Waals surface area contributed by atoms with E-state index in [2.05, 4.69) is 10.1 Å². The third kappa shape index (κ3) is 4.18. The van der Waals surface area contributed by atoms with Crippen LogP contribution >= 0.6 is 24.0 Å². The van der Waals surface area contributed by atoms with Crippen LogP contribution in [0.3, 0.4) is 0 Å². The van der Waals surface area contributed by atoms with Crippen molar-refractivity contribution < 1.29 is 14.8 Å². The Bertz CT molecular complexity index is 1470. The van der Waals surface area contributed by atoms with Crippen LogP contribution in [0, 0.1) is 10.1 Å². The fourth-order valence-corrected chi connectivity index (χ4v) is 5.01. The van der Waals surface area contributed by atoms with Crippen molar-refractivity contribution in [2.45, 2.75) is 6.42 Å². The molecule has 1 aliphatic heterocycles. The first kappa shape index (κ1) is 21.9. The molecule has 0 atom stereocenters. The minimum absolute atomic E-state index is 0.00393. The van der Waals surface area contributed by atoms with Gasteiger partial charge < -0.3 is 10.1 Å². The SMILES string of the molecule is O=C1/C(=C/c2ccn(-c3ccc([N+](=O)[O-])cc3)n2)SC(=S)N1CCc1c[nH]c2ccc(O)cc12. The summed E-state index contributed by atoms with van der Waals surface area (Å²) in [6, 6.07) is 12.9. The molecule has 0 spiro atoms. The van der Waals surface area contributed by atoms with Crippen LogP contribution in [0.4, 0.5) is 5.69 Å². The molecular formula is C23H17N5O4S2. The van der Waals surface area contributed by atoms with E-state index in [1.807, 2.05) is 12.3 Å². The summed E-state index contributed by atoms with van der Waals surface area (Å²) in [5, 5.41) is 26.0. The number of non-ortho nitro benzene ring substituents is 1. The predicted octanol–water partition coefficient (Wildman–Crippen LogP) is 4.41. The average molecular weight is 492 g/mol. The summed E-state index contributed by atoms with van der Waals surface area (Å²) in [6.07, 6.45) is 5.87. The van der Waals surface area contributed by atoms with Crippen LogP contribution in [0.15, 0.2) is 65.8 Å². The number of hydrogen-bond acceptors (Lipinski definition) is 7. The second-order valence-corrected chi connectivity index (χ2v) is 9.26. The molecule has 2 aromatic carbocycles. The van der Waals surface area contributed by atoms with E-state index in [1.165, 1.54) is 23.9 Å². The molecule has 170 valence electrons. The number of fused-ring (bicyclic) bond motifs is 1. The van der Waals surface area contributed by atoms with E-state index >= 15 is 0 Å². The highest BCUT2D eigenvalue weighted by Crippen LogP contribution is 2.33. The standard InChI is InChI=1S/C23H17N5O4S2/c29-18-5-6-20-19(12-18)14(13-24-20)7-9-26-22(30)21(34-23(26)33)11-15-8-10-27(25-15)16-1-3-17(4-2-16)28(31)32/h1-6,8,10-13,24,29H,7,9H2/b21-11-. The van der Waals surface area contributed by atoms with E-state index in [9.17, 15) is 20.0 Å². The number of thiocarbonyl (C=S) groups is 1. The zero-order valence-corrected chi connectivity index (χ0v) is 19.2. The molecule has 0 unspecified atom stereocenters. The number of aromatic amines is 1. The molecule has 11 heteroatoms. The van der Waals surface area contributed by atoms with Crippen LogP contribution in [0.5, 0.6) is 5.75 Å². The van der Waals surface area contributed by atoms with Gasteiger partial charge in [0.1, 0.15) is 10.1 Å². The Morgan fingerprint density at radius 3 is 2.76 bits per heavy atom. The number of aromatic nitrogens is 3. The van der Waals surface area contributed by atoms with E-state index in [4.69, 9.17) is 12.2 Å². The lowest BCUT2D eigenvalue weighted by Crippen LogP contribution is -2.30. The molecule has 4 aromatic rings. The van der Waals surface area contributed by atoms with E-state index in [0.717, 1.165) is 16.5 Å². The van der Waals surface area contributed by atoms with Crippen molar-refractivity contribution in [3.63, 3.8) is 0 Å². The largest absolute Gasteiger partial charge is 0.508 e. The van der Waals surface area contributed by atoms with Crippen molar-refractivity contribution in [2.75, 3.05) is 6.54 Å². The van der Waals surface area contributed by atoms with Crippen LogP contribution in [-0.4, -0.2) is 46.5 Å². The average Bonchev–Trinajstić information content (AvgIpc) is 3.51. The third-order valence-corrected chi connectivity index (χ3v) is 6.82. The first-order chi connectivity index (χ1) is 16.4. The maximum absolute atomic E-state index is 13.0. The summed E-state index contributed by atoms with van der Waals surface area (Å²) < 4.78 is 2.07. The summed E-state index contributed by atoms with van der Waals surface area (Å²) in [5.41, 5.74) is 3.16. The number of nitro benzene ring substituents is 1. The zero-order chi connectivity index (χ0) is 23.8. The Morgan fingerprint density at radius 1 is 1.21 bits per heavy atom. The smallest absolute Gasteiger partial charge is 0.269 e. The molecule has 0 saturated carbocycles. The second-order valence-electron chi connectivity index (χ2n) is 7.59. The maximum atomic E-state index is 13.0. The second kappa shape index (κ2) is 8.76. The predicted molar refractivity (Wildman–Crippen MR) is 134 cm³/mol. The highest BCUT2D eigenvalue weighted by Gasteiger charge is 2.32. The van der Waals surface area contributed by atoms with Gasteiger partial charge >= 0.3 is 0 Å². The summed E-state index contributed by atoms with van der Waals surface area (Å²) >= 11 is 6.66. The third-order valence-electron chi connectivity index (χ3n) is 5.44. The fourth-order valence-electron chi connectivity index (χ4n) is 3.72. The van der Waals surface area contributed by atoms with Crippen LogP contribution in [0.2, 0.25) is 0 Å². The Labute approximate surface area is 202 Å². The number of nitro groups is 1. The van der Waals surface area contributed by atoms with Crippen molar-refractivity contribution >= 4 is 56.9 Å². The molecule has 0 bridgehead atoms. The number of H-pyrrole nitrogens is 1. The van der Waals surface area contributed by atoms with Crippen molar-refractivity contribution in [1.29, 1.82) is 0 Å². The number of nitrogens with one attached hydrogen (secondary N) is 1. The lowest BCUT2D eigenvalue weighted by atomic mass is 10.1. The van der Waals surface area contributed by atoms with Gasteiger partial charge in [-0.3, -0.25) is 19.8 Å². The molecule has 5 rings (SSSR count). The van der Waals surface area contributed by atoms with Crippen LogP contribution in [-0.2, 0) is 11.2 Å². The first-order valence-electron chi connectivity index (χ1n) is 10.2. The molecule has 1 aliphatic rings. The molecule has 34 heavy (non-hydrogen) atoms. The normalized spacial score (nSPS) is 15.1. The Balaban J connectivity index is 1.29. The van der Waals surface area contributed by atoms with E-state index < -0.39 is 4.92 Å². The van der Waals surface area contributed by atoms with E-state index in [0.29, 0.717) is 33.6 Å². The summed E-state index contributed by atoms with van der Waals surface area (Å²) in [7, 11) is 0. The van der Waals surface area contributed by atoms with Gasteiger partial charge in [0.2, 0.25) is 0 Å². The number of phenolic OH excluding ortho intramolecular Hbond substituents is 1. The first-order valence-corrected chi connectivity index (χ1v) is 11.5. The molecule has 1 fully saturated rings. The summed E-state index contributed by atoms with van der Waals surface area (Å²) in [5.74, 6) is 0.0117. The molecular weight excluding hydrogens is 474 g/mol. The van der Waals surface area contributed by atoms with Crippen LogP contribution in [0.25, 0.3) is 22.7 Å². The van der Waals surface area contributed by atoms with Gasteiger partial charge in [0.05, 0.1) is 21.2 Å². The molecule has 2 N–H and O–H groups in total. The van der Waals surface area contributed by atoms with Gasteiger partial charge in [-0.2, -0.15) is 5.10 Å². The monoisotopic (exact) mass is 491 g/mol. The lowest BCUT2D eigenvalue weighted by molar-refractivity contribution is -0.384. The quantitative estimate of drug-likeness (QED) is 0.178. The topological polar surface area (TPSA) is 117 Å². The molecule has 0 aliphatic carbocycles. The number of hydrogen-bond donors (Lipinski definition) is 2. The van der Waals surface area contributed by atoms with Gasteiger partial charge in [0, 0.05) is 42.0 Å². The van der Waals surface area contributed by atoms with Crippen LogP contribution in [0.1, 0.15) is 11.3 Å². The van der Waals surface area contributed by atoms with Crippen molar-refractivity contribution in [3.05, 3.63) is 87.2 Å². The number of carbonyl (C=O) groups excluding carboxylic acids is 1. The number of thioether (sulfide) groups is 1. The fraction of sp³-hybridized carbons (Fsp3) is 0.0870. The number of amides is 1. The van der Waals surface area contributed by atoms with Gasteiger partial charge in [0.15, 0.2) is 0 Å². The number of phenols is 1. The molecule has 2 aromatic heterocycles. The molecule has 1 amide bonds. The zero-order valence-electron chi connectivity index (χ0n) is 17.5. The molecule has 9 nitrogen and oxygen atoms in total. The summed E-state index contributed by atoms with van der Waals surface area (Å²) in [4.78, 5) is 28.6. The van der Waals surface area contributed by atoms with Gasteiger partial charge in [-0.1, -0.05) is 24.0 Å². The van der Waals surface area contributed by atoms with Gasteiger partial charge in [-0.05, 0) is 54.5 Å². The molecule has 3 heterocycles. The highest BCUT2D eigenvalue weighted by molar-refractivity contribution is 8.26. The maximum Gasteiger partial charge on any atom is 0.269 e. The minimum Gasteiger partial charge on any atom is -0.508 e. The van der Waals surface area contributed by atoms with Crippen LogP contribution < -0.4 is 0 Å². The number of nitrogens with zero attached hydrogens (tertiary/aromatic N) is 4. The highest BCUT2D eigenvalue weighted by atomic mass is 32.2. The number of carbonyl (C=O) groups is 1. The van der Waals surface area contributed by atoms with Crippen molar-refractivity contribution in [3.8, 4) is 11.4 Å². The summed E-state index contributed by atoms with van der Waals surface area (Å²) in [6.45, 7) is 0.419. The molecule has 0 radical (unpaired) electrons. The Kier molecular flexibility index (Phi) is 5.64.